The van der Waals surface area contributed by atoms with Crippen molar-refractivity contribution in [2.24, 2.45) is 4.99 Å². The summed E-state index contributed by atoms with van der Waals surface area (Å²) in [5, 5.41) is 2.33. The molecule has 0 bridgehead atoms. The summed E-state index contributed by atoms with van der Waals surface area (Å²) >= 11 is 4.44. The summed E-state index contributed by atoms with van der Waals surface area (Å²) in [7, 11) is -2.76. The summed E-state index contributed by atoms with van der Waals surface area (Å²) in [6.45, 7) is 2.44. The van der Waals surface area contributed by atoms with Crippen LogP contribution in [0, 0.1) is 0 Å². The van der Waals surface area contributed by atoms with Crippen LogP contribution >= 0.6 is 12.2 Å². The predicted molar refractivity (Wildman–Crippen MR) is 67.3 cm³/mol. The van der Waals surface area contributed by atoms with Crippen LogP contribution in [0.1, 0.15) is 39.0 Å². The highest BCUT2D eigenvalue weighted by Gasteiger charge is 2.05. The fourth-order valence-electron chi connectivity index (χ4n) is 1.23. The van der Waals surface area contributed by atoms with E-state index in [0.717, 1.165) is 38.6 Å². The smallest absolute Gasteiger partial charge is 0.150 e. The second kappa shape index (κ2) is 9.01. The molecule has 5 heteroatoms. The molecule has 0 fully saturated rings. The van der Waals surface area contributed by atoms with Crippen LogP contribution in [-0.4, -0.2) is 31.6 Å². The lowest BCUT2D eigenvalue weighted by atomic mass is 10.1. The maximum Gasteiger partial charge on any atom is 0.150 e. The molecule has 0 radical (unpaired) electrons. The number of aliphatic imine (C=N–C) groups is 1. The van der Waals surface area contributed by atoms with Crippen molar-refractivity contribution < 1.29 is 8.42 Å². The van der Waals surface area contributed by atoms with Gasteiger partial charge < -0.3 is 0 Å². The lowest BCUT2D eigenvalue weighted by Crippen LogP contribution is -2.08. The minimum absolute atomic E-state index is 0.260. The summed E-state index contributed by atoms with van der Waals surface area (Å²) < 4.78 is 22.3. The van der Waals surface area contributed by atoms with Crippen LogP contribution in [0.5, 0.6) is 0 Å². The summed E-state index contributed by atoms with van der Waals surface area (Å²) in [6, 6.07) is 0. The van der Waals surface area contributed by atoms with E-state index in [1.807, 2.05) is 0 Å². The lowest BCUT2D eigenvalue weighted by Gasteiger charge is -2.01. The maximum absolute atomic E-state index is 11.1. The quantitative estimate of drug-likeness (QED) is 0.358. The molecule has 0 aromatic heterocycles. The van der Waals surface area contributed by atoms with Gasteiger partial charge in [0.25, 0.3) is 0 Å². The van der Waals surface area contributed by atoms with Crippen LogP contribution in [0.4, 0.5) is 0 Å². The van der Waals surface area contributed by atoms with Crippen molar-refractivity contribution in [3.8, 4) is 0 Å². The van der Waals surface area contributed by atoms with E-state index in [-0.39, 0.29) is 5.75 Å². The second-order valence-corrected chi connectivity index (χ2v) is 6.13. The van der Waals surface area contributed by atoms with Crippen LogP contribution < -0.4 is 0 Å². The average Bonchev–Trinajstić information content (AvgIpc) is 2.22. The predicted octanol–water partition coefficient (Wildman–Crippen LogP) is 2.47. The number of hydrogen-bond donors (Lipinski definition) is 0. The van der Waals surface area contributed by atoms with Crippen molar-refractivity contribution in [1.82, 2.24) is 0 Å². The Hall–Kier alpha value is -0.250. The average molecular weight is 249 g/mol. The number of unbranched alkanes of at least 4 members (excludes halogenated alkanes) is 4. The minimum Gasteiger partial charge on any atom is -0.233 e. The highest BCUT2D eigenvalue weighted by molar-refractivity contribution is 7.91. The van der Waals surface area contributed by atoms with Crippen LogP contribution in [0.15, 0.2) is 4.99 Å². The maximum atomic E-state index is 11.1. The van der Waals surface area contributed by atoms with Crippen LogP contribution in [-0.2, 0) is 9.84 Å². The van der Waals surface area contributed by atoms with Gasteiger partial charge in [-0.05, 0) is 25.1 Å². The van der Waals surface area contributed by atoms with Crippen LogP contribution in [0.3, 0.4) is 0 Å². The number of rotatable bonds is 9. The molecule has 88 valence electrons. The SMILES string of the molecule is CCS(=O)(=O)CCCCCCCN=C=S. The minimum atomic E-state index is -2.76. The summed E-state index contributed by atoms with van der Waals surface area (Å²) in [5.74, 6) is 0.595. The molecule has 0 aliphatic rings. The van der Waals surface area contributed by atoms with E-state index in [4.69, 9.17) is 0 Å². The Morgan fingerprint density at radius 2 is 1.73 bits per heavy atom. The van der Waals surface area contributed by atoms with Gasteiger partial charge in [0, 0.05) is 12.3 Å². The van der Waals surface area contributed by atoms with Crippen molar-refractivity contribution in [2.45, 2.75) is 39.0 Å². The first-order valence-corrected chi connectivity index (χ1v) is 7.59. The van der Waals surface area contributed by atoms with Gasteiger partial charge in [0.05, 0.1) is 10.9 Å². The van der Waals surface area contributed by atoms with Crippen molar-refractivity contribution in [1.29, 1.82) is 0 Å². The number of hydrogen-bond acceptors (Lipinski definition) is 4. The normalized spacial score (nSPS) is 11.0. The third-order valence-electron chi connectivity index (χ3n) is 2.23. The molecule has 0 spiro atoms. The van der Waals surface area contributed by atoms with Gasteiger partial charge in [-0.3, -0.25) is 0 Å². The molecule has 0 aliphatic carbocycles. The molecule has 0 aliphatic heterocycles. The fourth-order valence-corrected chi connectivity index (χ4v) is 2.26. The lowest BCUT2D eigenvalue weighted by molar-refractivity contribution is 0.586. The molecule has 0 aromatic rings. The van der Waals surface area contributed by atoms with Crippen LogP contribution in [0.2, 0.25) is 0 Å². The molecule has 0 rings (SSSR count). The monoisotopic (exact) mass is 249 g/mol. The third-order valence-corrected chi connectivity index (χ3v) is 4.15. The van der Waals surface area contributed by atoms with Gasteiger partial charge in [-0.15, -0.1) is 0 Å². The molecular weight excluding hydrogens is 230 g/mol. The van der Waals surface area contributed by atoms with Crippen molar-refractivity contribution in [3.05, 3.63) is 0 Å². The molecule has 0 N–H and O–H groups in total. The van der Waals surface area contributed by atoms with E-state index >= 15 is 0 Å². The van der Waals surface area contributed by atoms with E-state index < -0.39 is 9.84 Å². The Morgan fingerprint density at radius 3 is 2.33 bits per heavy atom. The van der Waals surface area contributed by atoms with Crippen molar-refractivity contribution in [2.75, 3.05) is 18.1 Å². The molecule has 3 nitrogen and oxygen atoms in total. The highest BCUT2D eigenvalue weighted by atomic mass is 32.2. The summed E-state index contributed by atoms with van der Waals surface area (Å²) in [5.41, 5.74) is 0. The first kappa shape index (κ1) is 14.8. The Bertz CT molecular complexity index is 293. The summed E-state index contributed by atoms with van der Waals surface area (Å²) in [4.78, 5) is 3.81. The highest BCUT2D eigenvalue weighted by Crippen LogP contribution is 2.05. The van der Waals surface area contributed by atoms with E-state index in [9.17, 15) is 8.42 Å². The van der Waals surface area contributed by atoms with Gasteiger partial charge in [0.15, 0.2) is 0 Å². The molecular formula is C10H19NO2S2. The summed E-state index contributed by atoms with van der Waals surface area (Å²) in [6.07, 6.45) is 4.95. The van der Waals surface area contributed by atoms with Gasteiger partial charge in [-0.2, -0.15) is 0 Å². The van der Waals surface area contributed by atoms with Gasteiger partial charge in [0.2, 0.25) is 0 Å². The molecule has 0 heterocycles. The molecule has 0 amide bonds. The van der Waals surface area contributed by atoms with E-state index in [0.29, 0.717) is 5.75 Å². The van der Waals surface area contributed by atoms with Gasteiger partial charge in [0.1, 0.15) is 9.84 Å². The van der Waals surface area contributed by atoms with E-state index in [2.05, 4.69) is 22.4 Å². The number of sulfone groups is 1. The van der Waals surface area contributed by atoms with E-state index in [1.165, 1.54) is 0 Å². The number of isothiocyanates is 1. The topological polar surface area (TPSA) is 46.5 Å². The fraction of sp³-hybridized carbons (Fsp3) is 0.900. The third kappa shape index (κ3) is 10.0. The number of thiocarbonyl (C=S) groups is 1. The zero-order chi connectivity index (χ0) is 11.6. The standard InChI is InChI=1S/C10H19NO2S2/c1-2-15(12,13)9-7-5-3-4-6-8-11-10-14/h2-9H2,1H3. The number of nitrogens with zero attached hydrogens (tertiary/aromatic N) is 1. The molecule has 0 aromatic carbocycles. The Kier molecular flexibility index (Phi) is 8.86. The second-order valence-electron chi connectivity index (χ2n) is 3.48. The Balaban J connectivity index is 3.29. The zero-order valence-electron chi connectivity index (χ0n) is 9.24. The van der Waals surface area contributed by atoms with Gasteiger partial charge in [-0.1, -0.05) is 26.2 Å². The first-order valence-electron chi connectivity index (χ1n) is 5.36. The first-order chi connectivity index (χ1) is 7.12. The molecule has 15 heavy (non-hydrogen) atoms. The van der Waals surface area contributed by atoms with Crippen molar-refractivity contribution in [3.63, 3.8) is 0 Å². The Morgan fingerprint density at radius 1 is 1.13 bits per heavy atom. The zero-order valence-corrected chi connectivity index (χ0v) is 10.9. The van der Waals surface area contributed by atoms with E-state index in [1.54, 1.807) is 6.92 Å². The molecule has 0 unspecified atom stereocenters. The van der Waals surface area contributed by atoms with Gasteiger partial charge >= 0.3 is 0 Å². The van der Waals surface area contributed by atoms with Crippen molar-refractivity contribution >= 4 is 27.2 Å². The van der Waals surface area contributed by atoms with Crippen LogP contribution in [0.25, 0.3) is 0 Å². The largest absolute Gasteiger partial charge is 0.233 e. The molecule has 0 saturated carbocycles. The molecule has 0 saturated heterocycles. The Labute approximate surface area is 97.9 Å². The molecule has 0 atom stereocenters. The van der Waals surface area contributed by atoms with Gasteiger partial charge in [-0.25, -0.2) is 13.4 Å².